The molecule has 1 amide bonds. The van der Waals surface area contributed by atoms with E-state index >= 15 is 0 Å². The summed E-state index contributed by atoms with van der Waals surface area (Å²) in [6.07, 6.45) is -1.74. The Balaban J connectivity index is 1.99. The van der Waals surface area contributed by atoms with Crippen LogP contribution in [-0.2, 0) is 14.3 Å². The second kappa shape index (κ2) is 6.78. The van der Waals surface area contributed by atoms with Crippen molar-refractivity contribution < 1.29 is 24.2 Å². The SMILES string of the molecule is C[C@H](Oc1ccccc1Cl)C(=O)N1CCO[C@@H](C(=O)O)C1. The van der Waals surface area contributed by atoms with Gasteiger partial charge in [-0.3, -0.25) is 4.79 Å². The number of morpholine rings is 1. The number of rotatable bonds is 4. The van der Waals surface area contributed by atoms with Crippen LogP contribution in [0.25, 0.3) is 0 Å². The number of amides is 1. The van der Waals surface area contributed by atoms with Crippen LogP contribution in [0.5, 0.6) is 5.75 Å². The van der Waals surface area contributed by atoms with Gasteiger partial charge in [0.1, 0.15) is 5.75 Å². The number of hydrogen-bond acceptors (Lipinski definition) is 4. The molecule has 1 heterocycles. The Kier molecular flexibility index (Phi) is 5.03. The predicted molar refractivity (Wildman–Crippen MR) is 75.5 cm³/mol. The molecule has 1 fully saturated rings. The third-order valence-electron chi connectivity index (χ3n) is 3.14. The fourth-order valence-electron chi connectivity index (χ4n) is 2.04. The van der Waals surface area contributed by atoms with E-state index in [0.29, 0.717) is 17.3 Å². The molecule has 1 aromatic rings. The van der Waals surface area contributed by atoms with Gasteiger partial charge in [-0.15, -0.1) is 0 Å². The zero-order valence-electron chi connectivity index (χ0n) is 11.5. The van der Waals surface area contributed by atoms with Gasteiger partial charge in [-0.1, -0.05) is 23.7 Å². The molecule has 0 bridgehead atoms. The average Bonchev–Trinajstić information content (AvgIpc) is 2.49. The second-order valence-corrected chi connectivity index (χ2v) is 5.08. The maximum Gasteiger partial charge on any atom is 0.334 e. The number of ether oxygens (including phenoxy) is 2. The highest BCUT2D eigenvalue weighted by Gasteiger charge is 2.31. The van der Waals surface area contributed by atoms with Crippen LogP contribution in [0.2, 0.25) is 5.02 Å². The third-order valence-corrected chi connectivity index (χ3v) is 3.45. The monoisotopic (exact) mass is 313 g/mol. The van der Waals surface area contributed by atoms with Crippen LogP contribution in [0.4, 0.5) is 0 Å². The van der Waals surface area contributed by atoms with Gasteiger partial charge in [-0.25, -0.2) is 4.79 Å². The minimum Gasteiger partial charge on any atom is -0.479 e. The molecule has 0 radical (unpaired) electrons. The summed E-state index contributed by atoms with van der Waals surface area (Å²) < 4.78 is 10.6. The van der Waals surface area contributed by atoms with Crippen molar-refractivity contribution in [2.24, 2.45) is 0 Å². The van der Waals surface area contributed by atoms with Crippen molar-refractivity contribution in [2.75, 3.05) is 19.7 Å². The van der Waals surface area contributed by atoms with Gasteiger partial charge in [0, 0.05) is 6.54 Å². The number of carbonyl (C=O) groups excluding carboxylic acids is 1. The molecule has 2 rings (SSSR count). The maximum absolute atomic E-state index is 12.3. The number of carboxylic acids is 1. The molecule has 7 heteroatoms. The summed E-state index contributed by atoms with van der Waals surface area (Å²) in [6.45, 7) is 2.17. The Morgan fingerprint density at radius 1 is 1.48 bits per heavy atom. The van der Waals surface area contributed by atoms with Crippen LogP contribution >= 0.6 is 11.6 Å². The van der Waals surface area contributed by atoms with Crippen molar-refractivity contribution in [3.05, 3.63) is 29.3 Å². The van der Waals surface area contributed by atoms with Gasteiger partial charge in [-0.2, -0.15) is 0 Å². The lowest BCUT2D eigenvalue weighted by atomic mass is 10.2. The molecule has 21 heavy (non-hydrogen) atoms. The molecule has 1 N–H and O–H groups in total. The second-order valence-electron chi connectivity index (χ2n) is 4.67. The summed E-state index contributed by atoms with van der Waals surface area (Å²) in [4.78, 5) is 24.6. The van der Waals surface area contributed by atoms with Crippen LogP contribution in [0.15, 0.2) is 24.3 Å². The highest BCUT2D eigenvalue weighted by Crippen LogP contribution is 2.24. The fraction of sp³-hybridized carbons (Fsp3) is 0.429. The number of hydrogen-bond donors (Lipinski definition) is 1. The number of halogens is 1. The van der Waals surface area contributed by atoms with Gasteiger partial charge in [0.25, 0.3) is 5.91 Å². The fourth-order valence-corrected chi connectivity index (χ4v) is 2.22. The lowest BCUT2D eigenvalue weighted by molar-refractivity contribution is -0.161. The van der Waals surface area contributed by atoms with Crippen molar-refractivity contribution in [1.82, 2.24) is 4.90 Å². The number of para-hydroxylation sites is 1. The lowest BCUT2D eigenvalue weighted by Gasteiger charge is -2.32. The molecule has 1 aliphatic heterocycles. The number of benzene rings is 1. The number of aliphatic carboxylic acids is 1. The van der Waals surface area contributed by atoms with Crippen molar-refractivity contribution in [1.29, 1.82) is 0 Å². The van der Waals surface area contributed by atoms with E-state index in [1.807, 2.05) is 0 Å². The number of carboxylic acid groups (broad SMARTS) is 1. The van der Waals surface area contributed by atoms with Gasteiger partial charge in [-0.05, 0) is 19.1 Å². The minimum atomic E-state index is -1.08. The molecule has 0 saturated carbocycles. The van der Waals surface area contributed by atoms with E-state index in [1.165, 1.54) is 4.90 Å². The lowest BCUT2D eigenvalue weighted by Crippen LogP contribution is -2.51. The first kappa shape index (κ1) is 15.6. The number of nitrogens with zero attached hydrogens (tertiary/aromatic N) is 1. The van der Waals surface area contributed by atoms with E-state index < -0.39 is 18.2 Å². The molecular formula is C14H16ClNO5. The zero-order chi connectivity index (χ0) is 15.4. The van der Waals surface area contributed by atoms with E-state index in [9.17, 15) is 9.59 Å². The van der Waals surface area contributed by atoms with Crippen LogP contribution in [0.3, 0.4) is 0 Å². The summed E-state index contributed by atoms with van der Waals surface area (Å²) in [5.41, 5.74) is 0. The molecule has 114 valence electrons. The zero-order valence-corrected chi connectivity index (χ0v) is 12.2. The summed E-state index contributed by atoms with van der Waals surface area (Å²) in [5.74, 6) is -0.945. The van der Waals surface area contributed by atoms with E-state index in [0.717, 1.165) is 0 Å². The average molecular weight is 314 g/mol. The molecular weight excluding hydrogens is 298 g/mol. The first-order chi connectivity index (χ1) is 9.99. The molecule has 1 saturated heterocycles. The Hall–Kier alpha value is -1.79. The quantitative estimate of drug-likeness (QED) is 0.910. The Morgan fingerprint density at radius 2 is 2.19 bits per heavy atom. The van der Waals surface area contributed by atoms with Gasteiger partial charge in [0.05, 0.1) is 18.2 Å². The van der Waals surface area contributed by atoms with Gasteiger partial charge in [0.15, 0.2) is 12.2 Å². The predicted octanol–water partition coefficient (Wildman–Crippen LogP) is 1.42. The molecule has 0 unspecified atom stereocenters. The van der Waals surface area contributed by atoms with Crippen molar-refractivity contribution in [2.45, 2.75) is 19.1 Å². The van der Waals surface area contributed by atoms with Crippen molar-refractivity contribution >= 4 is 23.5 Å². The van der Waals surface area contributed by atoms with Crippen LogP contribution in [-0.4, -0.2) is 53.8 Å². The molecule has 0 aliphatic carbocycles. The normalized spacial score (nSPS) is 19.9. The summed E-state index contributed by atoms with van der Waals surface area (Å²) >= 11 is 5.98. The van der Waals surface area contributed by atoms with Gasteiger partial charge >= 0.3 is 5.97 Å². The summed E-state index contributed by atoms with van der Waals surface area (Å²) in [5, 5.41) is 9.36. The number of carbonyl (C=O) groups is 2. The minimum absolute atomic E-state index is 0.0182. The van der Waals surface area contributed by atoms with Crippen LogP contribution in [0.1, 0.15) is 6.92 Å². The van der Waals surface area contributed by atoms with E-state index in [4.69, 9.17) is 26.2 Å². The molecule has 1 aliphatic rings. The standard InChI is InChI=1S/C14H16ClNO5/c1-9(21-11-5-3-2-4-10(11)15)13(17)16-6-7-20-12(8-16)14(18)19/h2-5,9,12H,6-8H2,1H3,(H,18,19)/t9-,12+/m0/s1. The van der Waals surface area contributed by atoms with Gasteiger partial charge in [0.2, 0.25) is 0 Å². The van der Waals surface area contributed by atoms with E-state index in [2.05, 4.69) is 0 Å². The smallest absolute Gasteiger partial charge is 0.334 e. The Bertz CT molecular complexity index is 536. The van der Waals surface area contributed by atoms with Crippen LogP contribution < -0.4 is 4.74 Å². The first-order valence-electron chi connectivity index (χ1n) is 6.53. The molecule has 0 aromatic heterocycles. The first-order valence-corrected chi connectivity index (χ1v) is 6.91. The molecule has 1 aromatic carbocycles. The highest BCUT2D eigenvalue weighted by molar-refractivity contribution is 6.32. The van der Waals surface area contributed by atoms with Gasteiger partial charge < -0.3 is 19.5 Å². The van der Waals surface area contributed by atoms with Crippen molar-refractivity contribution in [3.63, 3.8) is 0 Å². The largest absolute Gasteiger partial charge is 0.479 e. The molecule has 0 spiro atoms. The maximum atomic E-state index is 12.3. The highest BCUT2D eigenvalue weighted by atomic mass is 35.5. The summed E-state index contributed by atoms with van der Waals surface area (Å²) in [7, 11) is 0. The molecule has 6 nitrogen and oxygen atoms in total. The van der Waals surface area contributed by atoms with Crippen LogP contribution in [0, 0.1) is 0 Å². The summed E-state index contributed by atoms with van der Waals surface area (Å²) in [6, 6.07) is 6.86. The van der Waals surface area contributed by atoms with Crippen molar-refractivity contribution in [3.8, 4) is 5.75 Å². The van der Waals surface area contributed by atoms with E-state index in [1.54, 1.807) is 31.2 Å². The Morgan fingerprint density at radius 3 is 2.86 bits per heavy atom. The third kappa shape index (κ3) is 3.86. The topological polar surface area (TPSA) is 76.1 Å². The Labute approximate surface area is 127 Å². The molecule has 2 atom stereocenters. The van der Waals surface area contributed by atoms with E-state index in [-0.39, 0.29) is 19.1 Å².